The zero-order valence-corrected chi connectivity index (χ0v) is 6.83. The van der Waals surface area contributed by atoms with Crippen molar-refractivity contribution in [1.29, 1.82) is 0 Å². The molecule has 1 aromatic carbocycles. The molecule has 0 aliphatic carbocycles. The maximum Gasteiger partial charge on any atom is 0.0543 e. The average molecular weight is 148 g/mol. The Kier molecular flexibility index (Phi) is 2.66. The van der Waals surface area contributed by atoms with Crippen molar-refractivity contribution in [3.63, 3.8) is 0 Å². The number of nitrogens with one attached hydrogen (secondary N) is 1. The molecule has 0 saturated carbocycles. The van der Waals surface area contributed by atoms with Gasteiger partial charge >= 0.3 is 0 Å². The van der Waals surface area contributed by atoms with E-state index in [0.717, 1.165) is 5.56 Å². The van der Waals surface area contributed by atoms with Crippen LogP contribution in [-0.4, -0.2) is 13.3 Å². The zero-order chi connectivity index (χ0) is 8.10. The van der Waals surface area contributed by atoms with Crippen LogP contribution in [0.5, 0.6) is 0 Å². The highest BCUT2D eigenvalue weighted by atomic mass is 15.3. The van der Waals surface area contributed by atoms with Gasteiger partial charge in [0, 0.05) is 7.05 Å². The molecule has 11 heavy (non-hydrogen) atoms. The van der Waals surface area contributed by atoms with Gasteiger partial charge < -0.3 is 5.43 Å². The van der Waals surface area contributed by atoms with E-state index in [1.165, 1.54) is 5.56 Å². The van der Waals surface area contributed by atoms with Crippen LogP contribution in [0.15, 0.2) is 29.4 Å². The summed E-state index contributed by atoms with van der Waals surface area (Å²) in [5.74, 6) is 0. The molecular weight excluding hydrogens is 136 g/mol. The number of hydrogen-bond acceptors (Lipinski definition) is 2. The monoisotopic (exact) mass is 148 g/mol. The molecule has 0 fully saturated rings. The minimum absolute atomic E-state index is 1.15. The van der Waals surface area contributed by atoms with Gasteiger partial charge in [0.15, 0.2) is 0 Å². The van der Waals surface area contributed by atoms with Crippen LogP contribution in [0.3, 0.4) is 0 Å². The van der Waals surface area contributed by atoms with Crippen LogP contribution < -0.4 is 5.43 Å². The number of hydrogen-bond donors (Lipinski definition) is 1. The SMILES string of the molecule is CN/N=C\c1ccccc1C. The van der Waals surface area contributed by atoms with Gasteiger partial charge in [-0.1, -0.05) is 24.3 Å². The van der Waals surface area contributed by atoms with E-state index in [0.29, 0.717) is 0 Å². The van der Waals surface area contributed by atoms with Gasteiger partial charge in [0.05, 0.1) is 6.21 Å². The Hall–Kier alpha value is -1.31. The molecule has 2 nitrogen and oxygen atoms in total. The second-order valence-electron chi connectivity index (χ2n) is 2.34. The standard InChI is InChI=1S/C9H12N2/c1-8-5-3-4-6-9(8)7-11-10-2/h3-7,10H,1-2H3/b11-7-. The number of aryl methyl sites for hydroxylation is 1. The summed E-state index contributed by atoms with van der Waals surface area (Å²) >= 11 is 0. The molecule has 0 saturated heterocycles. The Bertz CT molecular complexity index is 253. The maximum absolute atomic E-state index is 3.93. The number of rotatable bonds is 2. The van der Waals surface area contributed by atoms with Crippen LogP contribution in [0.25, 0.3) is 0 Å². The summed E-state index contributed by atoms with van der Waals surface area (Å²) in [5.41, 5.74) is 5.11. The van der Waals surface area contributed by atoms with Gasteiger partial charge in [-0.25, -0.2) is 0 Å². The van der Waals surface area contributed by atoms with E-state index in [1.807, 2.05) is 24.4 Å². The number of nitrogens with zero attached hydrogens (tertiary/aromatic N) is 1. The lowest BCUT2D eigenvalue weighted by molar-refractivity contribution is 0.908. The van der Waals surface area contributed by atoms with Gasteiger partial charge in [0.2, 0.25) is 0 Å². The molecule has 0 atom stereocenters. The third-order valence-corrected chi connectivity index (χ3v) is 1.52. The van der Waals surface area contributed by atoms with Gasteiger partial charge in [-0.2, -0.15) is 5.10 Å². The first kappa shape index (κ1) is 7.79. The van der Waals surface area contributed by atoms with E-state index >= 15 is 0 Å². The lowest BCUT2D eigenvalue weighted by Gasteiger charge is -1.96. The Morgan fingerprint density at radius 3 is 2.73 bits per heavy atom. The van der Waals surface area contributed by atoms with E-state index in [-0.39, 0.29) is 0 Å². The molecule has 1 N–H and O–H groups in total. The second-order valence-corrected chi connectivity index (χ2v) is 2.34. The molecule has 1 rings (SSSR count). The van der Waals surface area contributed by atoms with Crippen LogP contribution in [0, 0.1) is 6.92 Å². The van der Waals surface area contributed by atoms with Crippen molar-refractivity contribution in [2.45, 2.75) is 6.92 Å². The predicted octanol–water partition coefficient (Wildman–Crippen LogP) is 1.55. The lowest BCUT2D eigenvalue weighted by Crippen LogP contribution is -1.95. The minimum Gasteiger partial charge on any atom is -0.313 e. The molecule has 0 aliphatic heterocycles. The van der Waals surface area contributed by atoms with Gasteiger partial charge in [0.25, 0.3) is 0 Å². The van der Waals surface area contributed by atoms with Crippen molar-refractivity contribution in [3.05, 3.63) is 35.4 Å². The van der Waals surface area contributed by atoms with Crippen molar-refractivity contribution in [2.24, 2.45) is 5.10 Å². The quantitative estimate of drug-likeness (QED) is 0.499. The summed E-state index contributed by atoms with van der Waals surface area (Å²) in [6.07, 6.45) is 1.81. The van der Waals surface area contributed by atoms with Crippen molar-refractivity contribution < 1.29 is 0 Å². The average Bonchev–Trinajstić information content (AvgIpc) is 2.03. The molecule has 0 aliphatic rings. The summed E-state index contributed by atoms with van der Waals surface area (Å²) in [4.78, 5) is 0. The van der Waals surface area contributed by atoms with Crippen LogP contribution in [0.2, 0.25) is 0 Å². The summed E-state index contributed by atoms with van der Waals surface area (Å²) in [7, 11) is 1.79. The Morgan fingerprint density at radius 2 is 2.09 bits per heavy atom. The predicted molar refractivity (Wildman–Crippen MR) is 47.8 cm³/mol. The lowest BCUT2D eigenvalue weighted by atomic mass is 10.1. The second kappa shape index (κ2) is 3.76. The summed E-state index contributed by atoms with van der Waals surface area (Å²) in [5, 5.41) is 3.93. The molecule has 0 heterocycles. The number of benzene rings is 1. The number of hydrazone groups is 1. The molecule has 0 unspecified atom stereocenters. The summed E-state index contributed by atoms with van der Waals surface area (Å²) < 4.78 is 0. The van der Waals surface area contributed by atoms with E-state index in [2.05, 4.69) is 23.5 Å². The zero-order valence-electron chi connectivity index (χ0n) is 6.83. The van der Waals surface area contributed by atoms with E-state index in [1.54, 1.807) is 7.05 Å². The van der Waals surface area contributed by atoms with Crippen molar-refractivity contribution in [3.8, 4) is 0 Å². The fourth-order valence-corrected chi connectivity index (χ4v) is 0.866. The molecule has 0 radical (unpaired) electrons. The third-order valence-electron chi connectivity index (χ3n) is 1.52. The highest BCUT2D eigenvalue weighted by Gasteiger charge is 1.89. The molecule has 1 aromatic rings. The van der Waals surface area contributed by atoms with Gasteiger partial charge in [0.1, 0.15) is 0 Å². The maximum atomic E-state index is 3.93. The van der Waals surface area contributed by atoms with Crippen LogP contribution in [0.4, 0.5) is 0 Å². The van der Waals surface area contributed by atoms with Gasteiger partial charge in [-0.3, -0.25) is 0 Å². The van der Waals surface area contributed by atoms with E-state index in [4.69, 9.17) is 0 Å². The normalized spacial score (nSPS) is 10.4. The molecule has 0 amide bonds. The summed E-state index contributed by atoms with van der Waals surface area (Å²) in [6, 6.07) is 8.13. The van der Waals surface area contributed by atoms with E-state index in [9.17, 15) is 0 Å². The fraction of sp³-hybridized carbons (Fsp3) is 0.222. The highest BCUT2D eigenvalue weighted by molar-refractivity contribution is 5.81. The summed E-state index contributed by atoms with van der Waals surface area (Å²) in [6.45, 7) is 2.07. The van der Waals surface area contributed by atoms with E-state index < -0.39 is 0 Å². The largest absolute Gasteiger partial charge is 0.313 e. The Balaban J connectivity index is 2.86. The van der Waals surface area contributed by atoms with Crippen LogP contribution in [-0.2, 0) is 0 Å². The first-order chi connectivity index (χ1) is 5.34. The molecular formula is C9H12N2. The fourth-order valence-electron chi connectivity index (χ4n) is 0.866. The van der Waals surface area contributed by atoms with Crippen LogP contribution in [0.1, 0.15) is 11.1 Å². The Morgan fingerprint density at radius 1 is 1.36 bits per heavy atom. The first-order valence-electron chi connectivity index (χ1n) is 3.60. The van der Waals surface area contributed by atoms with Crippen molar-refractivity contribution >= 4 is 6.21 Å². The molecule has 0 aromatic heterocycles. The van der Waals surface area contributed by atoms with Crippen molar-refractivity contribution in [2.75, 3.05) is 7.05 Å². The van der Waals surface area contributed by atoms with Gasteiger partial charge in [-0.15, -0.1) is 0 Å². The van der Waals surface area contributed by atoms with Gasteiger partial charge in [-0.05, 0) is 18.1 Å². The Labute approximate surface area is 66.9 Å². The first-order valence-corrected chi connectivity index (χ1v) is 3.60. The molecule has 0 bridgehead atoms. The molecule has 58 valence electrons. The minimum atomic E-state index is 1.15. The smallest absolute Gasteiger partial charge is 0.0543 e. The third kappa shape index (κ3) is 2.08. The van der Waals surface area contributed by atoms with Crippen molar-refractivity contribution in [1.82, 2.24) is 5.43 Å². The molecule has 2 heteroatoms. The highest BCUT2D eigenvalue weighted by Crippen LogP contribution is 2.02. The molecule has 0 spiro atoms. The topological polar surface area (TPSA) is 24.4 Å². The van der Waals surface area contributed by atoms with Crippen LogP contribution >= 0.6 is 0 Å².